The maximum absolute atomic E-state index is 9.88. The van der Waals surface area contributed by atoms with Crippen molar-refractivity contribution in [3.05, 3.63) is 34.9 Å². The topological polar surface area (TPSA) is 53.3 Å². The molecule has 0 aromatic heterocycles. The number of rotatable bonds is 3. The second-order valence-corrected chi connectivity index (χ2v) is 3.56. The molecule has 3 nitrogen and oxygen atoms in total. The van der Waals surface area contributed by atoms with E-state index in [0.29, 0.717) is 6.61 Å². The number of benzene rings is 1. The summed E-state index contributed by atoms with van der Waals surface area (Å²) in [4.78, 5) is 0. The number of aliphatic hydroxyl groups excluding tert-OH is 1. The molecule has 0 aliphatic carbocycles. The van der Waals surface area contributed by atoms with E-state index in [2.05, 4.69) is 0 Å². The molecule has 3 heteroatoms. The van der Waals surface area contributed by atoms with Crippen LogP contribution >= 0.6 is 0 Å². The summed E-state index contributed by atoms with van der Waals surface area (Å²) in [5.41, 5.74) is 2.78. The van der Waals surface area contributed by atoms with Crippen LogP contribution in [0.1, 0.15) is 29.7 Å². The van der Waals surface area contributed by atoms with Gasteiger partial charge in [0.05, 0.1) is 6.61 Å². The van der Waals surface area contributed by atoms with E-state index in [1.165, 1.54) is 0 Å². The van der Waals surface area contributed by atoms with Gasteiger partial charge < -0.3 is 9.84 Å². The average Bonchev–Trinajstić information content (AvgIpc) is 2.21. The largest absolute Gasteiger partial charge is 0.479 e. The minimum atomic E-state index is -0.954. The van der Waals surface area contributed by atoms with Crippen molar-refractivity contribution in [1.29, 1.82) is 5.41 Å². The van der Waals surface area contributed by atoms with Crippen molar-refractivity contribution in [2.75, 3.05) is 6.61 Å². The van der Waals surface area contributed by atoms with Gasteiger partial charge in [0, 0.05) is 0 Å². The Kier molecular flexibility index (Phi) is 3.86. The van der Waals surface area contributed by atoms with Crippen LogP contribution in [0.25, 0.3) is 0 Å². The predicted molar refractivity (Wildman–Crippen MR) is 60.2 cm³/mol. The van der Waals surface area contributed by atoms with E-state index < -0.39 is 6.10 Å². The fourth-order valence-electron chi connectivity index (χ4n) is 1.43. The Bertz CT molecular complexity index is 361. The minimum absolute atomic E-state index is 0.0915. The fraction of sp³-hybridized carbons (Fsp3) is 0.417. The zero-order valence-corrected chi connectivity index (χ0v) is 9.37. The SMILES string of the molecule is CCOC(=N)[C@H](O)c1cc(C)ccc1C. The number of hydrogen-bond donors (Lipinski definition) is 2. The van der Waals surface area contributed by atoms with E-state index in [-0.39, 0.29) is 5.90 Å². The van der Waals surface area contributed by atoms with Crippen LogP contribution < -0.4 is 0 Å². The summed E-state index contributed by atoms with van der Waals surface area (Å²) in [7, 11) is 0. The van der Waals surface area contributed by atoms with Gasteiger partial charge in [-0.1, -0.05) is 23.8 Å². The van der Waals surface area contributed by atoms with E-state index in [9.17, 15) is 5.11 Å². The van der Waals surface area contributed by atoms with Gasteiger partial charge in [0.25, 0.3) is 0 Å². The van der Waals surface area contributed by atoms with E-state index >= 15 is 0 Å². The number of aliphatic hydroxyl groups is 1. The first kappa shape index (κ1) is 11.7. The molecule has 0 amide bonds. The van der Waals surface area contributed by atoms with Gasteiger partial charge in [-0.05, 0) is 31.9 Å². The predicted octanol–water partition coefficient (Wildman–Crippen LogP) is 2.35. The molecule has 0 unspecified atom stereocenters. The quantitative estimate of drug-likeness (QED) is 0.590. The molecular weight excluding hydrogens is 190 g/mol. The number of aryl methyl sites for hydroxylation is 2. The molecule has 15 heavy (non-hydrogen) atoms. The minimum Gasteiger partial charge on any atom is -0.479 e. The smallest absolute Gasteiger partial charge is 0.214 e. The first-order valence-corrected chi connectivity index (χ1v) is 5.02. The molecule has 1 aromatic rings. The lowest BCUT2D eigenvalue weighted by atomic mass is 10.0. The molecule has 0 saturated carbocycles. The van der Waals surface area contributed by atoms with E-state index in [0.717, 1.165) is 16.7 Å². The summed E-state index contributed by atoms with van der Waals surface area (Å²) in [5, 5.41) is 17.4. The average molecular weight is 207 g/mol. The summed E-state index contributed by atoms with van der Waals surface area (Å²) in [5.74, 6) is -0.0915. The molecule has 0 aliphatic rings. The summed E-state index contributed by atoms with van der Waals surface area (Å²) < 4.78 is 4.99. The van der Waals surface area contributed by atoms with Crippen molar-refractivity contribution in [1.82, 2.24) is 0 Å². The van der Waals surface area contributed by atoms with Crippen molar-refractivity contribution in [2.45, 2.75) is 26.9 Å². The summed E-state index contributed by atoms with van der Waals surface area (Å²) in [6, 6.07) is 5.80. The first-order chi connectivity index (χ1) is 7.06. The molecule has 0 spiro atoms. The first-order valence-electron chi connectivity index (χ1n) is 5.02. The molecule has 2 N–H and O–H groups in total. The second kappa shape index (κ2) is 4.94. The Morgan fingerprint density at radius 1 is 1.47 bits per heavy atom. The molecule has 0 heterocycles. The molecule has 0 saturated heterocycles. The van der Waals surface area contributed by atoms with Gasteiger partial charge >= 0.3 is 0 Å². The maximum Gasteiger partial charge on any atom is 0.214 e. The van der Waals surface area contributed by atoms with Gasteiger partial charge in [0.15, 0.2) is 6.10 Å². The van der Waals surface area contributed by atoms with Crippen LogP contribution in [0, 0.1) is 19.3 Å². The molecule has 0 radical (unpaired) electrons. The Morgan fingerprint density at radius 3 is 2.73 bits per heavy atom. The van der Waals surface area contributed by atoms with E-state index in [1.807, 2.05) is 32.0 Å². The van der Waals surface area contributed by atoms with Crippen LogP contribution in [0.4, 0.5) is 0 Å². The van der Waals surface area contributed by atoms with Crippen molar-refractivity contribution >= 4 is 5.90 Å². The maximum atomic E-state index is 9.88. The lowest BCUT2D eigenvalue weighted by Crippen LogP contribution is -2.15. The molecule has 0 bridgehead atoms. The molecular formula is C12H17NO2. The van der Waals surface area contributed by atoms with Crippen molar-refractivity contribution in [3.63, 3.8) is 0 Å². The van der Waals surface area contributed by atoms with Crippen LogP contribution in [-0.4, -0.2) is 17.6 Å². The fourth-order valence-corrected chi connectivity index (χ4v) is 1.43. The normalized spacial score (nSPS) is 12.3. The third-order valence-corrected chi connectivity index (χ3v) is 2.28. The number of nitrogens with one attached hydrogen (secondary N) is 1. The van der Waals surface area contributed by atoms with Crippen LogP contribution in [0.15, 0.2) is 18.2 Å². The monoisotopic (exact) mass is 207 g/mol. The van der Waals surface area contributed by atoms with Crippen LogP contribution in [0.2, 0.25) is 0 Å². The molecule has 1 rings (SSSR count). The van der Waals surface area contributed by atoms with Crippen molar-refractivity contribution < 1.29 is 9.84 Å². The zero-order valence-electron chi connectivity index (χ0n) is 9.37. The highest BCUT2D eigenvalue weighted by Gasteiger charge is 2.16. The molecule has 0 aliphatic heterocycles. The molecule has 82 valence electrons. The van der Waals surface area contributed by atoms with Crippen LogP contribution in [0.5, 0.6) is 0 Å². The Balaban J connectivity index is 2.94. The number of hydrogen-bond acceptors (Lipinski definition) is 3. The Labute approximate surface area is 90.2 Å². The van der Waals surface area contributed by atoms with Gasteiger partial charge in [-0.25, -0.2) is 0 Å². The Hall–Kier alpha value is -1.35. The third-order valence-electron chi connectivity index (χ3n) is 2.28. The lowest BCUT2D eigenvalue weighted by Gasteiger charge is -2.15. The highest BCUT2D eigenvalue weighted by atomic mass is 16.5. The Morgan fingerprint density at radius 2 is 2.13 bits per heavy atom. The standard InChI is InChI=1S/C12H17NO2/c1-4-15-12(13)11(14)10-7-8(2)5-6-9(10)3/h5-7,11,13-14H,4H2,1-3H3/t11-/m1/s1. The third kappa shape index (κ3) is 2.80. The van der Waals surface area contributed by atoms with Crippen LogP contribution in [0.3, 0.4) is 0 Å². The van der Waals surface area contributed by atoms with E-state index in [4.69, 9.17) is 10.1 Å². The zero-order chi connectivity index (χ0) is 11.4. The lowest BCUT2D eigenvalue weighted by molar-refractivity contribution is 0.190. The summed E-state index contributed by atoms with van der Waals surface area (Å²) in [6.45, 7) is 6.07. The van der Waals surface area contributed by atoms with Gasteiger partial charge in [-0.15, -0.1) is 0 Å². The summed E-state index contributed by atoms with van der Waals surface area (Å²) in [6.07, 6.45) is -0.954. The highest BCUT2D eigenvalue weighted by Crippen LogP contribution is 2.20. The number of ether oxygens (including phenoxy) is 1. The van der Waals surface area contributed by atoms with Gasteiger partial charge in [-0.2, -0.15) is 0 Å². The highest BCUT2D eigenvalue weighted by molar-refractivity contribution is 5.79. The van der Waals surface area contributed by atoms with Crippen molar-refractivity contribution in [2.24, 2.45) is 0 Å². The molecule has 0 fully saturated rings. The van der Waals surface area contributed by atoms with Crippen LogP contribution in [-0.2, 0) is 4.74 Å². The van der Waals surface area contributed by atoms with Gasteiger partial charge in [-0.3, -0.25) is 5.41 Å². The second-order valence-electron chi connectivity index (χ2n) is 3.56. The molecule has 1 aromatic carbocycles. The van der Waals surface area contributed by atoms with Crippen molar-refractivity contribution in [3.8, 4) is 0 Å². The van der Waals surface area contributed by atoms with Gasteiger partial charge in [0.2, 0.25) is 5.90 Å². The van der Waals surface area contributed by atoms with E-state index in [1.54, 1.807) is 6.92 Å². The molecule has 1 atom stereocenters. The summed E-state index contributed by atoms with van der Waals surface area (Å²) >= 11 is 0. The van der Waals surface area contributed by atoms with Gasteiger partial charge in [0.1, 0.15) is 0 Å².